The van der Waals surface area contributed by atoms with Gasteiger partial charge in [0, 0.05) is 37.8 Å². The van der Waals surface area contributed by atoms with Gasteiger partial charge in [-0.25, -0.2) is 0 Å². The summed E-state index contributed by atoms with van der Waals surface area (Å²) in [5.41, 5.74) is 1.27. The number of likely N-dealkylation sites (tertiary alicyclic amines) is 1. The number of halogens is 1. The molecule has 1 N–H and O–H groups in total. The highest BCUT2D eigenvalue weighted by molar-refractivity contribution is 6.30. The first-order chi connectivity index (χ1) is 11.2. The van der Waals surface area contributed by atoms with E-state index in [9.17, 15) is 0 Å². The van der Waals surface area contributed by atoms with Crippen molar-refractivity contribution in [2.75, 3.05) is 32.8 Å². The molecule has 23 heavy (non-hydrogen) atoms. The number of nitrogens with zero attached hydrogens (tertiary/aromatic N) is 2. The monoisotopic (exact) mass is 337 g/mol. The second-order valence-electron chi connectivity index (χ2n) is 5.75. The Hall–Kier alpha value is -1.26. The van der Waals surface area contributed by atoms with Gasteiger partial charge in [-0.2, -0.15) is 0 Å². The van der Waals surface area contributed by atoms with Crippen molar-refractivity contribution < 1.29 is 4.74 Å². The lowest BCUT2D eigenvalue weighted by atomic mass is 10.1. The quantitative estimate of drug-likeness (QED) is 0.639. The summed E-state index contributed by atoms with van der Waals surface area (Å²) in [5, 5.41) is 4.19. The van der Waals surface area contributed by atoms with E-state index < -0.39 is 0 Å². The number of piperidine rings is 1. The van der Waals surface area contributed by atoms with Gasteiger partial charge in [-0.05, 0) is 50.8 Å². The summed E-state index contributed by atoms with van der Waals surface area (Å²) in [6.45, 7) is 8.69. The third-order valence-electron chi connectivity index (χ3n) is 4.05. The summed E-state index contributed by atoms with van der Waals surface area (Å²) in [6, 6.07) is 8.01. The van der Waals surface area contributed by atoms with Crippen molar-refractivity contribution in [3.63, 3.8) is 0 Å². The summed E-state index contributed by atoms with van der Waals surface area (Å²) >= 11 is 5.92. The van der Waals surface area contributed by atoms with E-state index in [-0.39, 0.29) is 0 Å². The molecule has 2 rings (SSSR count). The van der Waals surface area contributed by atoms with Crippen molar-refractivity contribution in [3.8, 4) is 0 Å². The Morgan fingerprint density at radius 3 is 2.57 bits per heavy atom. The maximum absolute atomic E-state index is 5.92. The highest BCUT2D eigenvalue weighted by Gasteiger charge is 2.21. The van der Waals surface area contributed by atoms with Gasteiger partial charge in [0.2, 0.25) is 0 Å². The van der Waals surface area contributed by atoms with Gasteiger partial charge in [-0.1, -0.05) is 23.7 Å². The van der Waals surface area contributed by atoms with E-state index >= 15 is 0 Å². The van der Waals surface area contributed by atoms with Crippen LogP contribution in [0.3, 0.4) is 0 Å². The molecule has 1 heterocycles. The van der Waals surface area contributed by atoms with Gasteiger partial charge in [0.05, 0.1) is 6.10 Å². The van der Waals surface area contributed by atoms with E-state index in [0.29, 0.717) is 6.10 Å². The fourth-order valence-electron chi connectivity index (χ4n) is 2.84. The smallest absolute Gasteiger partial charge is 0.193 e. The van der Waals surface area contributed by atoms with Crippen molar-refractivity contribution in [2.45, 2.75) is 39.2 Å². The second-order valence-corrected chi connectivity index (χ2v) is 6.19. The lowest BCUT2D eigenvalue weighted by Crippen LogP contribution is -2.47. The molecule has 1 aliphatic heterocycles. The van der Waals surface area contributed by atoms with Crippen molar-refractivity contribution in [2.24, 2.45) is 4.99 Å². The zero-order valence-electron chi connectivity index (χ0n) is 14.2. The van der Waals surface area contributed by atoms with E-state index in [1.165, 1.54) is 5.56 Å². The molecule has 0 bridgehead atoms. The molecule has 0 aliphatic carbocycles. The van der Waals surface area contributed by atoms with Crippen LogP contribution in [0.2, 0.25) is 5.02 Å². The van der Waals surface area contributed by atoms with Crippen LogP contribution in [0.5, 0.6) is 0 Å². The summed E-state index contributed by atoms with van der Waals surface area (Å²) in [4.78, 5) is 7.13. The van der Waals surface area contributed by atoms with Gasteiger partial charge in [0.15, 0.2) is 5.96 Å². The first-order valence-corrected chi connectivity index (χ1v) is 9.00. The Balaban J connectivity index is 1.86. The lowest BCUT2D eigenvalue weighted by molar-refractivity contribution is 0.0264. The first kappa shape index (κ1) is 18.1. The molecule has 4 nitrogen and oxygen atoms in total. The van der Waals surface area contributed by atoms with Crippen LogP contribution in [0.25, 0.3) is 0 Å². The van der Waals surface area contributed by atoms with Crippen LogP contribution in [-0.4, -0.2) is 49.7 Å². The van der Waals surface area contributed by atoms with E-state index in [4.69, 9.17) is 21.3 Å². The zero-order valence-corrected chi connectivity index (χ0v) is 15.0. The second kappa shape index (κ2) is 9.78. The van der Waals surface area contributed by atoms with Crippen LogP contribution in [0.15, 0.2) is 29.3 Å². The van der Waals surface area contributed by atoms with Crippen molar-refractivity contribution in [1.29, 1.82) is 0 Å². The number of ether oxygens (including phenoxy) is 1. The van der Waals surface area contributed by atoms with Crippen LogP contribution in [0, 0.1) is 0 Å². The number of aliphatic imine (C=N–C) groups is 1. The summed E-state index contributed by atoms with van der Waals surface area (Å²) in [7, 11) is 0. The maximum atomic E-state index is 5.92. The minimum Gasteiger partial charge on any atom is -0.378 e. The summed E-state index contributed by atoms with van der Waals surface area (Å²) in [5.74, 6) is 1.02. The lowest BCUT2D eigenvalue weighted by Gasteiger charge is -2.34. The topological polar surface area (TPSA) is 36.9 Å². The number of hydrogen-bond acceptors (Lipinski definition) is 2. The van der Waals surface area contributed by atoms with Crippen LogP contribution >= 0.6 is 11.6 Å². The number of hydrogen-bond donors (Lipinski definition) is 1. The molecule has 0 spiro atoms. The predicted molar refractivity (Wildman–Crippen MR) is 97.4 cm³/mol. The predicted octanol–water partition coefficient (Wildman–Crippen LogP) is 3.35. The highest BCUT2D eigenvalue weighted by atomic mass is 35.5. The van der Waals surface area contributed by atoms with E-state index in [1.807, 2.05) is 12.1 Å². The SMILES string of the molecule is CCNC(=NCCc1ccc(Cl)cc1)N1CCC(OCC)CC1. The minimum absolute atomic E-state index is 0.410. The Bertz CT molecular complexity index is 482. The molecule has 1 fully saturated rings. The molecule has 0 unspecified atom stereocenters. The molecule has 1 saturated heterocycles. The molecule has 0 saturated carbocycles. The zero-order chi connectivity index (χ0) is 16.5. The van der Waals surface area contributed by atoms with Crippen LogP contribution < -0.4 is 5.32 Å². The van der Waals surface area contributed by atoms with Gasteiger partial charge >= 0.3 is 0 Å². The standard InChI is InChI=1S/C18H28ClN3O/c1-3-20-18(22-13-10-17(11-14-22)23-4-2)21-12-9-15-5-7-16(19)8-6-15/h5-8,17H,3-4,9-14H2,1-2H3,(H,20,21). The summed E-state index contributed by atoms with van der Waals surface area (Å²) < 4.78 is 5.72. The Labute approximate surface area is 144 Å². The van der Waals surface area contributed by atoms with E-state index in [1.54, 1.807) is 0 Å². The van der Waals surface area contributed by atoms with E-state index in [2.05, 4.69) is 36.2 Å². The molecule has 0 radical (unpaired) electrons. The molecule has 5 heteroatoms. The molecular weight excluding hydrogens is 310 g/mol. The van der Waals surface area contributed by atoms with Gasteiger partial charge in [-0.3, -0.25) is 4.99 Å². The Morgan fingerprint density at radius 1 is 1.26 bits per heavy atom. The van der Waals surface area contributed by atoms with Crippen LogP contribution in [0.4, 0.5) is 0 Å². The van der Waals surface area contributed by atoms with Crippen molar-refractivity contribution >= 4 is 17.6 Å². The Kier molecular flexibility index (Phi) is 7.69. The fourth-order valence-corrected chi connectivity index (χ4v) is 2.96. The van der Waals surface area contributed by atoms with Crippen molar-refractivity contribution in [3.05, 3.63) is 34.9 Å². The third-order valence-corrected chi connectivity index (χ3v) is 4.31. The maximum Gasteiger partial charge on any atom is 0.193 e. The molecule has 1 aliphatic rings. The summed E-state index contributed by atoms with van der Waals surface area (Å²) in [6.07, 6.45) is 3.50. The fraction of sp³-hybridized carbons (Fsp3) is 0.611. The molecule has 128 valence electrons. The number of rotatable bonds is 6. The first-order valence-electron chi connectivity index (χ1n) is 8.62. The van der Waals surface area contributed by atoms with Crippen LogP contribution in [-0.2, 0) is 11.2 Å². The molecule has 0 amide bonds. The number of nitrogens with one attached hydrogen (secondary N) is 1. The normalized spacial score (nSPS) is 16.7. The number of benzene rings is 1. The third kappa shape index (κ3) is 6.04. The van der Waals surface area contributed by atoms with Gasteiger partial charge in [-0.15, -0.1) is 0 Å². The molecule has 1 aromatic rings. The molecule has 0 aromatic heterocycles. The molecular formula is C18H28ClN3O. The molecule has 1 aromatic carbocycles. The molecule has 0 atom stereocenters. The van der Waals surface area contributed by atoms with Gasteiger partial charge in [0.1, 0.15) is 0 Å². The Morgan fingerprint density at radius 2 is 1.96 bits per heavy atom. The highest BCUT2D eigenvalue weighted by Crippen LogP contribution is 2.14. The average Bonchev–Trinajstić information content (AvgIpc) is 2.57. The average molecular weight is 338 g/mol. The van der Waals surface area contributed by atoms with Crippen LogP contribution in [0.1, 0.15) is 32.3 Å². The van der Waals surface area contributed by atoms with Gasteiger partial charge in [0.25, 0.3) is 0 Å². The van der Waals surface area contributed by atoms with Gasteiger partial charge < -0.3 is 15.0 Å². The number of guanidine groups is 1. The van der Waals surface area contributed by atoms with E-state index in [0.717, 1.165) is 63.0 Å². The minimum atomic E-state index is 0.410. The van der Waals surface area contributed by atoms with Crippen molar-refractivity contribution in [1.82, 2.24) is 10.2 Å². The largest absolute Gasteiger partial charge is 0.378 e.